The van der Waals surface area contributed by atoms with Crippen LogP contribution in [0.1, 0.15) is 29.4 Å². The van der Waals surface area contributed by atoms with Crippen molar-refractivity contribution < 1.29 is 9.90 Å². The van der Waals surface area contributed by atoms with Crippen LogP contribution in [-0.4, -0.2) is 23.2 Å². The number of rotatable bonds is 4. The molecule has 0 bridgehead atoms. The van der Waals surface area contributed by atoms with Gasteiger partial charge >= 0.3 is 0 Å². The lowest BCUT2D eigenvalue weighted by Gasteiger charge is -2.28. The average Bonchev–Trinajstić information content (AvgIpc) is 3.02. The fourth-order valence-electron chi connectivity index (χ4n) is 1.75. The molecular weight excluding hydrogens is 290 g/mol. The number of halogens is 1. The summed E-state index contributed by atoms with van der Waals surface area (Å²) in [4.78, 5) is 12.6. The summed E-state index contributed by atoms with van der Waals surface area (Å²) in [5, 5.41) is 12.3. The number of carbonyl (C=O) groups excluding carboxylic acids is 1. The van der Waals surface area contributed by atoms with Crippen molar-refractivity contribution in [2.45, 2.75) is 25.3 Å². The molecule has 1 aliphatic rings. The predicted octanol–water partition coefficient (Wildman–Crippen LogP) is 2.40. The van der Waals surface area contributed by atoms with Crippen LogP contribution < -0.4 is 5.32 Å². The predicted molar refractivity (Wildman–Crippen MR) is 67.7 cm³/mol. The number of hydrogen-bond donors (Lipinski definition) is 2. The second-order valence-corrected chi connectivity index (χ2v) is 6.87. The molecule has 2 rings (SSSR count). The Morgan fingerprint density at radius 3 is 2.81 bits per heavy atom. The van der Waals surface area contributed by atoms with Crippen molar-refractivity contribution in [2.75, 3.05) is 6.61 Å². The minimum atomic E-state index is -0.465. The van der Waals surface area contributed by atoms with Gasteiger partial charge in [-0.25, -0.2) is 0 Å². The van der Waals surface area contributed by atoms with E-state index in [0.717, 1.165) is 16.6 Å². The Morgan fingerprint density at radius 2 is 2.38 bits per heavy atom. The van der Waals surface area contributed by atoms with Crippen LogP contribution in [0.15, 0.2) is 15.9 Å². The van der Waals surface area contributed by atoms with Crippen LogP contribution in [0.4, 0.5) is 0 Å². The van der Waals surface area contributed by atoms with Crippen molar-refractivity contribution in [2.24, 2.45) is 5.92 Å². The van der Waals surface area contributed by atoms with Crippen LogP contribution in [0.3, 0.4) is 0 Å². The van der Waals surface area contributed by atoms with Crippen LogP contribution in [0.2, 0.25) is 0 Å². The van der Waals surface area contributed by atoms with Gasteiger partial charge in [0.1, 0.15) is 0 Å². The lowest BCUT2D eigenvalue weighted by molar-refractivity contribution is 0.0828. The molecule has 2 N–H and O–H groups in total. The van der Waals surface area contributed by atoms with E-state index in [1.165, 1.54) is 11.3 Å². The summed E-state index contributed by atoms with van der Waals surface area (Å²) in [6.07, 6.45) is 2.18. The zero-order valence-corrected chi connectivity index (χ0v) is 11.4. The maximum Gasteiger partial charge on any atom is 0.261 e. The minimum Gasteiger partial charge on any atom is -0.394 e. The first-order valence-corrected chi connectivity index (χ1v) is 6.85. The van der Waals surface area contributed by atoms with E-state index in [1.54, 1.807) is 6.07 Å². The van der Waals surface area contributed by atoms with Gasteiger partial charge < -0.3 is 10.4 Å². The lowest BCUT2D eigenvalue weighted by atomic mass is 9.97. The lowest BCUT2D eigenvalue weighted by Crippen LogP contribution is -2.50. The van der Waals surface area contributed by atoms with Gasteiger partial charge in [0.05, 0.1) is 20.8 Å². The molecule has 3 nitrogen and oxygen atoms in total. The van der Waals surface area contributed by atoms with Crippen molar-refractivity contribution >= 4 is 33.2 Å². The van der Waals surface area contributed by atoms with E-state index in [2.05, 4.69) is 21.2 Å². The summed E-state index contributed by atoms with van der Waals surface area (Å²) >= 11 is 4.73. The van der Waals surface area contributed by atoms with Crippen molar-refractivity contribution in [3.8, 4) is 0 Å². The second kappa shape index (κ2) is 4.47. The van der Waals surface area contributed by atoms with Crippen LogP contribution in [-0.2, 0) is 0 Å². The van der Waals surface area contributed by atoms with Gasteiger partial charge in [-0.2, -0.15) is 0 Å². The Labute approximate surface area is 107 Å². The smallest absolute Gasteiger partial charge is 0.261 e. The van der Waals surface area contributed by atoms with Gasteiger partial charge in [0.2, 0.25) is 0 Å². The van der Waals surface area contributed by atoms with Gasteiger partial charge in [0, 0.05) is 0 Å². The third-order valence-corrected chi connectivity index (χ3v) is 4.63. The van der Waals surface area contributed by atoms with Gasteiger partial charge in [-0.05, 0) is 53.7 Å². The molecule has 5 heteroatoms. The van der Waals surface area contributed by atoms with Crippen LogP contribution in [0.5, 0.6) is 0 Å². The first kappa shape index (κ1) is 12.1. The number of amides is 1. The van der Waals surface area contributed by atoms with Crippen molar-refractivity contribution in [3.05, 3.63) is 20.8 Å². The largest absolute Gasteiger partial charge is 0.394 e. The summed E-state index contributed by atoms with van der Waals surface area (Å²) in [6, 6.07) is 3.64. The molecule has 1 unspecified atom stereocenters. The van der Waals surface area contributed by atoms with Crippen LogP contribution in [0, 0.1) is 5.92 Å². The molecule has 1 atom stereocenters. The number of hydrogen-bond acceptors (Lipinski definition) is 3. The molecule has 1 aromatic heterocycles. The topological polar surface area (TPSA) is 49.3 Å². The molecule has 1 amide bonds. The maximum absolute atomic E-state index is 11.9. The van der Waals surface area contributed by atoms with E-state index in [1.807, 2.05) is 13.0 Å². The zero-order chi connectivity index (χ0) is 11.8. The molecule has 0 radical (unpaired) electrons. The first-order valence-electron chi connectivity index (χ1n) is 5.24. The van der Waals surface area contributed by atoms with Crippen molar-refractivity contribution in [1.82, 2.24) is 5.32 Å². The Bertz CT molecular complexity index is 402. The van der Waals surface area contributed by atoms with Crippen LogP contribution in [0.25, 0.3) is 0 Å². The number of carbonyl (C=O) groups is 1. The Hall–Kier alpha value is -0.390. The van der Waals surface area contributed by atoms with E-state index >= 15 is 0 Å². The van der Waals surface area contributed by atoms with Gasteiger partial charge in [0.15, 0.2) is 0 Å². The van der Waals surface area contributed by atoms with E-state index in [0.29, 0.717) is 10.8 Å². The standard InChI is InChI=1S/C11H14BrNO2S/c1-11(6-14,7-2-3-7)13-10(15)8-4-5-9(12)16-8/h4-5,7,14H,2-3,6H2,1H3,(H,13,15). The molecule has 1 saturated carbocycles. The van der Waals surface area contributed by atoms with E-state index in [4.69, 9.17) is 0 Å². The first-order chi connectivity index (χ1) is 7.55. The van der Waals surface area contributed by atoms with E-state index < -0.39 is 5.54 Å². The highest BCUT2D eigenvalue weighted by Crippen LogP contribution is 2.39. The number of nitrogens with one attached hydrogen (secondary N) is 1. The summed E-state index contributed by atoms with van der Waals surface area (Å²) in [7, 11) is 0. The monoisotopic (exact) mass is 303 g/mol. The summed E-state index contributed by atoms with van der Waals surface area (Å²) < 4.78 is 0.940. The molecule has 1 fully saturated rings. The second-order valence-electron chi connectivity index (χ2n) is 4.41. The maximum atomic E-state index is 11.9. The Balaban J connectivity index is 2.06. The molecule has 0 aliphatic heterocycles. The van der Waals surface area contributed by atoms with Gasteiger partial charge in [-0.1, -0.05) is 0 Å². The number of thiophene rings is 1. The third-order valence-electron chi connectivity index (χ3n) is 3.00. The molecule has 16 heavy (non-hydrogen) atoms. The van der Waals surface area contributed by atoms with E-state index in [-0.39, 0.29) is 12.5 Å². The van der Waals surface area contributed by atoms with Gasteiger partial charge in [-0.15, -0.1) is 11.3 Å². The molecular formula is C11H14BrNO2S. The summed E-state index contributed by atoms with van der Waals surface area (Å²) in [5.41, 5.74) is -0.465. The van der Waals surface area contributed by atoms with Crippen LogP contribution >= 0.6 is 27.3 Å². The molecule has 1 aromatic rings. The highest BCUT2D eigenvalue weighted by atomic mass is 79.9. The minimum absolute atomic E-state index is 0.00402. The van der Waals surface area contributed by atoms with Crippen molar-refractivity contribution in [1.29, 1.82) is 0 Å². The molecule has 0 aromatic carbocycles. The number of aliphatic hydroxyl groups is 1. The molecule has 0 spiro atoms. The summed E-state index contributed by atoms with van der Waals surface area (Å²) in [5.74, 6) is 0.323. The molecule has 88 valence electrons. The van der Waals surface area contributed by atoms with Crippen molar-refractivity contribution in [3.63, 3.8) is 0 Å². The quantitative estimate of drug-likeness (QED) is 0.897. The molecule has 1 aliphatic carbocycles. The van der Waals surface area contributed by atoms with Gasteiger partial charge in [-0.3, -0.25) is 4.79 Å². The van der Waals surface area contributed by atoms with Gasteiger partial charge in [0.25, 0.3) is 5.91 Å². The summed E-state index contributed by atoms with van der Waals surface area (Å²) in [6.45, 7) is 1.90. The third kappa shape index (κ3) is 2.47. The highest BCUT2D eigenvalue weighted by molar-refractivity contribution is 9.11. The molecule has 0 saturated heterocycles. The number of aliphatic hydroxyl groups excluding tert-OH is 1. The fourth-order valence-corrected chi connectivity index (χ4v) is 3.03. The Morgan fingerprint density at radius 1 is 1.69 bits per heavy atom. The molecule has 1 heterocycles. The average molecular weight is 304 g/mol. The highest BCUT2D eigenvalue weighted by Gasteiger charge is 2.42. The fraction of sp³-hybridized carbons (Fsp3) is 0.545. The Kier molecular flexibility index (Phi) is 3.37. The van der Waals surface area contributed by atoms with E-state index in [9.17, 15) is 9.90 Å². The SMILES string of the molecule is CC(CO)(NC(=O)c1ccc(Br)s1)C1CC1. The zero-order valence-electron chi connectivity index (χ0n) is 9.00. The normalized spacial score (nSPS) is 19.2.